The number of nitriles is 1. The fourth-order valence-corrected chi connectivity index (χ4v) is 2.46. The summed E-state index contributed by atoms with van der Waals surface area (Å²) in [5.41, 5.74) is 1.96. The molecule has 0 fully saturated rings. The van der Waals surface area contributed by atoms with E-state index in [2.05, 4.69) is 4.85 Å². The lowest BCUT2D eigenvalue weighted by Crippen LogP contribution is -2.19. The van der Waals surface area contributed by atoms with Crippen LogP contribution in [0.2, 0.25) is 0 Å². The smallest absolute Gasteiger partial charge is 0.313 e. The van der Waals surface area contributed by atoms with Crippen molar-refractivity contribution >= 4 is 16.5 Å². The van der Waals surface area contributed by atoms with E-state index in [0.717, 1.165) is 22.0 Å². The maximum absolute atomic E-state index is 12.4. The van der Waals surface area contributed by atoms with Crippen LogP contribution in [0.4, 0.5) is 10.1 Å². The second-order valence-electron chi connectivity index (χ2n) is 5.39. The Morgan fingerprint density at radius 1 is 1.27 bits per heavy atom. The maximum Gasteiger partial charge on any atom is 0.313 e. The molecule has 0 heterocycles. The largest absolute Gasteiger partial charge is 0.372 e. The highest BCUT2D eigenvalue weighted by Crippen LogP contribution is 2.27. The average Bonchev–Trinajstić information content (AvgIpc) is 2.55. The Kier molecular flexibility index (Phi) is 4.96. The van der Waals surface area contributed by atoms with E-state index in [0.29, 0.717) is 6.54 Å². The van der Waals surface area contributed by atoms with Crippen LogP contribution in [0.5, 0.6) is 0 Å². The number of hydrogen-bond donors (Lipinski definition) is 0. The van der Waals surface area contributed by atoms with E-state index in [-0.39, 0.29) is 12.6 Å². The van der Waals surface area contributed by atoms with E-state index in [1.54, 1.807) is 0 Å². The normalized spacial score (nSPS) is 13.1. The Hall–Kier alpha value is -2.59. The molecule has 2 unspecified atom stereocenters. The summed E-state index contributed by atoms with van der Waals surface area (Å²) >= 11 is 0. The van der Waals surface area contributed by atoms with Gasteiger partial charge in [-0.1, -0.05) is 24.3 Å². The number of alkyl halides is 1. The minimum Gasteiger partial charge on any atom is -0.372 e. The lowest BCUT2D eigenvalue weighted by Gasteiger charge is -2.18. The Morgan fingerprint density at radius 2 is 1.95 bits per heavy atom. The van der Waals surface area contributed by atoms with Crippen LogP contribution in [-0.4, -0.2) is 26.3 Å². The highest BCUT2D eigenvalue weighted by atomic mass is 18.2. The second kappa shape index (κ2) is 6.91. The number of rotatable bonds is 5. The maximum atomic E-state index is 12.4. The molecule has 0 N–H and O–H groups in total. The Balaban J connectivity index is 2.35. The molecule has 112 valence electrons. The molecule has 0 aliphatic heterocycles. The SMILES string of the molecule is [C-]#[N+]C(C#N)C(C)c1ccc2cc(N(C)CC[18F])ccc2c1. The van der Waals surface area contributed by atoms with E-state index in [1.807, 2.05) is 61.3 Å². The zero-order valence-corrected chi connectivity index (χ0v) is 12.8. The summed E-state index contributed by atoms with van der Waals surface area (Å²) in [6, 6.07) is 13.3. The highest BCUT2D eigenvalue weighted by Gasteiger charge is 2.23. The van der Waals surface area contributed by atoms with E-state index in [4.69, 9.17) is 11.8 Å². The van der Waals surface area contributed by atoms with Crippen molar-refractivity contribution in [2.75, 3.05) is 25.2 Å². The Morgan fingerprint density at radius 3 is 2.59 bits per heavy atom. The minimum atomic E-state index is -0.660. The predicted molar refractivity (Wildman–Crippen MR) is 87.6 cm³/mol. The molecule has 0 spiro atoms. The number of anilines is 1. The number of benzene rings is 2. The van der Waals surface area contributed by atoms with Crippen molar-refractivity contribution in [1.29, 1.82) is 5.26 Å². The van der Waals surface area contributed by atoms with E-state index < -0.39 is 6.04 Å². The zero-order chi connectivity index (χ0) is 16.1. The quantitative estimate of drug-likeness (QED) is 0.775. The average molecular weight is 294 g/mol. The van der Waals surface area contributed by atoms with Crippen LogP contribution in [0.15, 0.2) is 36.4 Å². The van der Waals surface area contributed by atoms with Gasteiger partial charge in [0, 0.05) is 19.3 Å². The number of hydrogen-bond acceptors (Lipinski definition) is 2. The van der Waals surface area contributed by atoms with Gasteiger partial charge in [-0.2, -0.15) is 5.26 Å². The summed E-state index contributed by atoms with van der Waals surface area (Å²) < 4.78 is 12.4. The summed E-state index contributed by atoms with van der Waals surface area (Å²) in [5.74, 6) is -0.124. The van der Waals surface area contributed by atoms with Crippen molar-refractivity contribution in [3.63, 3.8) is 0 Å². The summed E-state index contributed by atoms with van der Waals surface area (Å²) in [6.45, 7) is 8.98. The van der Waals surface area contributed by atoms with Gasteiger partial charge in [0.1, 0.15) is 6.67 Å². The van der Waals surface area contributed by atoms with Crippen molar-refractivity contribution in [2.45, 2.75) is 18.9 Å². The van der Waals surface area contributed by atoms with Gasteiger partial charge in [0.05, 0.1) is 5.92 Å². The van der Waals surface area contributed by atoms with Crippen LogP contribution in [0.1, 0.15) is 18.4 Å². The lowest BCUT2D eigenvalue weighted by atomic mass is 9.92. The van der Waals surface area contributed by atoms with Gasteiger partial charge < -0.3 is 4.90 Å². The third kappa shape index (κ3) is 3.18. The molecule has 0 saturated heterocycles. The first kappa shape index (κ1) is 15.8. The van der Waals surface area contributed by atoms with Crippen LogP contribution >= 0.6 is 0 Å². The Labute approximate surface area is 130 Å². The van der Waals surface area contributed by atoms with Gasteiger partial charge >= 0.3 is 6.04 Å². The van der Waals surface area contributed by atoms with Gasteiger partial charge in [-0.25, -0.2) is 11.0 Å². The molecule has 2 aromatic rings. The summed E-state index contributed by atoms with van der Waals surface area (Å²) in [6.07, 6.45) is 0. The van der Waals surface area contributed by atoms with Crippen molar-refractivity contribution in [3.05, 3.63) is 53.4 Å². The van der Waals surface area contributed by atoms with E-state index in [9.17, 15) is 4.39 Å². The van der Waals surface area contributed by atoms with Gasteiger partial charge in [-0.3, -0.25) is 4.85 Å². The molecule has 0 radical (unpaired) electrons. The molecular formula is C18H18FN3. The second-order valence-corrected chi connectivity index (χ2v) is 5.39. The molecule has 0 saturated carbocycles. The highest BCUT2D eigenvalue weighted by molar-refractivity contribution is 5.86. The molecule has 0 aliphatic carbocycles. The van der Waals surface area contributed by atoms with Crippen LogP contribution in [-0.2, 0) is 0 Å². The Bertz CT molecular complexity index is 728. The molecule has 0 aromatic heterocycles. The lowest BCUT2D eigenvalue weighted by molar-refractivity contribution is 0.497. The van der Waals surface area contributed by atoms with Crippen molar-refractivity contribution < 1.29 is 4.39 Å². The number of halogens is 1. The van der Waals surface area contributed by atoms with Gasteiger partial charge in [0.2, 0.25) is 0 Å². The first-order chi connectivity index (χ1) is 10.6. The third-order valence-corrected chi connectivity index (χ3v) is 3.98. The first-order valence-electron chi connectivity index (χ1n) is 7.17. The standard InChI is InChI=1S/C18H18FN3/c1-13(18(12-20)21-2)14-4-5-16-11-17(22(3)9-8-19)7-6-15(16)10-14/h4-7,10-11,13,18H,8-9H2,1,3H3/i19-1. The van der Waals surface area contributed by atoms with Crippen LogP contribution in [0.3, 0.4) is 0 Å². The molecule has 2 rings (SSSR count). The summed E-state index contributed by atoms with van der Waals surface area (Å²) in [7, 11) is 1.87. The number of fused-ring (bicyclic) bond motifs is 1. The fourth-order valence-electron chi connectivity index (χ4n) is 2.46. The zero-order valence-electron chi connectivity index (χ0n) is 12.8. The van der Waals surface area contributed by atoms with E-state index in [1.165, 1.54) is 0 Å². The molecular weight excluding hydrogens is 276 g/mol. The fraction of sp³-hybridized carbons (Fsp3) is 0.333. The summed E-state index contributed by atoms with van der Waals surface area (Å²) in [5, 5.41) is 11.1. The molecule has 2 aromatic carbocycles. The molecule has 22 heavy (non-hydrogen) atoms. The van der Waals surface area contributed by atoms with Crippen molar-refractivity contribution in [2.24, 2.45) is 0 Å². The van der Waals surface area contributed by atoms with Crippen molar-refractivity contribution in [1.82, 2.24) is 0 Å². The van der Waals surface area contributed by atoms with Gasteiger partial charge in [0.15, 0.2) is 6.07 Å². The van der Waals surface area contributed by atoms with Crippen LogP contribution < -0.4 is 4.90 Å². The van der Waals surface area contributed by atoms with Crippen LogP contribution in [0.25, 0.3) is 15.6 Å². The molecule has 0 bridgehead atoms. The third-order valence-electron chi connectivity index (χ3n) is 3.98. The number of nitrogens with zero attached hydrogens (tertiary/aromatic N) is 3. The van der Waals surface area contributed by atoms with Gasteiger partial charge in [-0.05, 0) is 35.4 Å². The summed E-state index contributed by atoms with van der Waals surface area (Å²) in [4.78, 5) is 5.24. The molecule has 2 atom stereocenters. The van der Waals surface area contributed by atoms with Gasteiger partial charge in [0.25, 0.3) is 0 Å². The monoisotopic (exact) mass is 294 g/mol. The van der Waals surface area contributed by atoms with E-state index >= 15 is 0 Å². The van der Waals surface area contributed by atoms with Crippen LogP contribution in [0, 0.1) is 17.9 Å². The van der Waals surface area contributed by atoms with Crippen molar-refractivity contribution in [3.8, 4) is 6.07 Å². The topological polar surface area (TPSA) is 31.4 Å². The van der Waals surface area contributed by atoms with Gasteiger partial charge in [-0.15, -0.1) is 0 Å². The molecule has 4 heteroatoms. The molecule has 0 aliphatic rings. The molecule has 3 nitrogen and oxygen atoms in total. The first-order valence-corrected chi connectivity index (χ1v) is 7.17. The minimum absolute atomic E-state index is 0.124. The molecule has 0 amide bonds. The predicted octanol–water partition coefficient (Wildman–Crippen LogP) is 4.16.